The average Bonchev–Trinajstić information content (AvgIpc) is 3.15. The summed E-state index contributed by atoms with van der Waals surface area (Å²) in [5.41, 5.74) is 1.39. The van der Waals surface area contributed by atoms with Crippen LogP contribution in [0.2, 0.25) is 0 Å². The van der Waals surface area contributed by atoms with Gasteiger partial charge in [0.2, 0.25) is 0 Å². The second-order valence-corrected chi connectivity index (χ2v) is 11.7. The lowest BCUT2D eigenvalue weighted by molar-refractivity contribution is 0.222. The molecule has 4 rings (SSSR count). The van der Waals surface area contributed by atoms with E-state index in [2.05, 4.69) is 39.4 Å². The highest BCUT2D eigenvalue weighted by Crippen LogP contribution is 2.32. The summed E-state index contributed by atoms with van der Waals surface area (Å²) in [6, 6.07) is 8.92. The Bertz CT molecular complexity index is 860. The van der Waals surface area contributed by atoms with Crippen LogP contribution in [0, 0.1) is 10.7 Å². The molecule has 2 aliphatic rings. The molecule has 6 heteroatoms. The standard InChI is InChI=1S/C21H31N3OS2/c1-27(22,25)18-7-5-17(6-8-18)9-11-23-12-14-24(15-13-23)20-3-2-4-21-19(20)10-16-26-21/h2-4,10,16-18,22H,5-9,11-15H2,1H3. The van der Waals surface area contributed by atoms with Gasteiger partial charge in [-0.3, -0.25) is 9.68 Å². The molecule has 2 fully saturated rings. The van der Waals surface area contributed by atoms with E-state index >= 15 is 0 Å². The van der Waals surface area contributed by atoms with Crippen LogP contribution in [0.1, 0.15) is 32.1 Å². The molecule has 27 heavy (non-hydrogen) atoms. The molecule has 1 aliphatic heterocycles. The maximum Gasteiger partial charge on any atom is 0.0455 e. The van der Waals surface area contributed by atoms with E-state index in [4.69, 9.17) is 4.78 Å². The third-order valence-electron chi connectivity index (χ3n) is 6.47. The zero-order valence-electron chi connectivity index (χ0n) is 16.2. The van der Waals surface area contributed by atoms with Crippen LogP contribution in [-0.4, -0.2) is 53.3 Å². The molecule has 1 aromatic carbocycles. The SMILES string of the molecule is CS(=N)(=O)C1CCC(CCN2CCN(c3cccc4sccc34)CC2)CC1. The van der Waals surface area contributed by atoms with Gasteiger partial charge in [0.15, 0.2) is 0 Å². The summed E-state index contributed by atoms with van der Waals surface area (Å²) in [5, 5.41) is 3.73. The van der Waals surface area contributed by atoms with Crippen LogP contribution >= 0.6 is 11.3 Å². The van der Waals surface area contributed by atoms with E-state index < -0.39 is 9.73 Å². The molecular formula is C21H31N3OS2. The number of hydrogen-bond donors (Lipinski definition) is 1. The van der Waals surface area contributed by atoms with E-state index in [1.165, 1.54) is 28.7 Å². The summed E-state index contributed by atoms with van der Waals surface area (Å²) in [4.78, 5) is 5.16. The van der Waals surface area contributed by atoms with Crippen LogP contribution in [0.3, 0.4) is 0 Å². The van der Waals surface area contributed by atoms with Crippen LogP contribution in [0.25, 0.3) is 10.1 Å². The van der Waals surface area contributed by atoms with Crippen molar-refractivity contribution in [1.29, 1.82) is 4.78 Å². The van der Waals surface area contributed by atoms with Crippen molar-refractivity contribution in [3.05, 3.63) is 29.6 Å². The molecule has 0 bridgehead atoms. The number of fused-ring (bicyclic) bond motifs is 1. The highest BCUT2D eigenvalue weighted by molar-refractivity contribution is 7.92. The monoisotopic (exact) mass is 405 g/mol. The van der Waals surface area contributed by atoms with Gasteiger partial charge in [0.05, 0.1) is 0 Å². The van der Waals surface area contributed by atoms with Crippen molar-refractivity contribution < 1.29 is 4.21 Å². The fourth-order valence-electron chi connectivity index (χ4n) is 4.70. The Morgan fingerprint density at radius 2 is 1.85 bits per heavy atom. The predicted molar refractivity (Wildman–Crippen MR) is 118 cm³/mol. The highest BCUT2D eigenvalue weighted by Gasteiger charge is 2.26. The Hall–Kier alpha value is -1.11. The van der Waals surface area contributed by atoms with Gasteiger partial charge in [0.25, 0.3) is 0 Å². The molecular weight excluding hydrogens is 374 g/mol. The number of nitrogens with zero attached hydrogens (tertiary/aromatic N) is 2. The largest absolute Gasteiger partial charge is 0.368 e. The van der Waals surface area contributed by atoms with E-state index in [1.54, 1.807) is 6.26 Å². The van der Waals surface area contributed by atoms with Gasteiger partial charge in [-0.05, 0) is 68.1 Å². The maximum atomic E-state index is 11.9. The third-order valence-corrected chi connectivity index (χ3v) is 9.09. The smallest absolute Gasteiger partial charge is 0.0455 e. The van der Waals surface area contributed by atoms with Crippen LogP contribution < -0.4 is 4.90 Å². The Balaban J connectivity index is 1.24. The normalized spacial score (nSPS) is 26.9. The summed E-state index contributed by atoms with van der Waals surface area (Å²) < 4.78 is 21.1. The Morgan fingerprint density at radius 3 is 2.56 bits per heavy atom. The van der Waals surface area contributed by atoms with E-state index in [-0.39, 0.29) is 5.25 Å². The average molecular weight is 406 g/mol. The predicted octanol–water partition coefficient (Wildman–Crippen LogP) is 4.65. The molecule has 4 nitrogen and oxygen atoms in total. The van der Waals surface area contributed by atoms with Crippen LogP contribution in [0.5, 0.6) is 0 Å². The molecule has 2 heterocycles. The first kappa shape index (κ1) is 19.2. The van der Waals surface area contributed by atoms with Crippen molar-refractivity contribution in [1.82, 2.24) is 4.90 Å². The van der Waals surface area contributed by atoms with Gasteiger partial charge in [-0.2, -0.15) is 0 Å². The fourth-order valence-corrected chi connectivity index (χ4v) is 6.68. The van der Waals surface area contributed by atoms with Crippen molar-refractivity contribution in [2.75, 3.05) is 43.9 Å². The van der Waals surface area contributed by atoms with Gasteiger partial charge in [0.1, 0.15) is 0 Å². The zero-order chi connectivity index (χ0) is 18.9. The Labute approximate surface area is 167 Å². The number of benzene rings is 1. The first-order valence-electron chi connectivity index (χ1n) is 10.2. The number of nitrogens with one attached hydrogen (secondary N) is 1. The van der Waals surface area contributed by atoms with Gasteiger partial charge in [-0.15, -0.1) is 11.3 Å². The molecule has 0 amide bonds. The number of anilines is 1. The third kappa shape index (κ3) is 4.49. The molecule has 1 saturated heterocycles. The lowest BCUT2D eigenvalue weighted by Gasteiger charge is -2.37. The minimum absolute atomic E-state index is 0.136. The molecule has 2 aromatic rings. The molecule has 1 atom stereocenters. The summed E-state index contributed by atoms with van der Waals surface area (Å²) in [6.45, 7) is 5.70. The Kier molecular flexibility index (Phi) is 5.76. The fraction of sp³-hybridized carbons (Fsp3) is 0.619. The molecule has 1 unspecified atom stereocenters. The topological polar surface area (TPSA) is 47.4 Å². The van der Waals surface area contributed by atoms with E-state index in [9.17, 15) is 4.21 Å². The second kappa shape index (κ2) is 8.10. The lowest BCUT2D eigenvalue weighted by atomic mass is 9.86. The van der Waals surface area contributed by atoms with Gasteiger partial charge < -0.3 is 4.90 Å². The van der Waals surface area contributed by atoms with Gasteiger partial charge in [-0.1, -0.05) is 6.07 Å². The molecule has 148 valence electrons. The van der Waals surface area contributed by atoms with Crippen molar-refractivity contribution in [3.8, 4) is 0 Å². The highest BCUT2D eigenvalue weighted by atomic mass is 32.2. The van der Waals surface area contributed by atoms with Crippen molar-refractivity contribution in [2.24, 2.45) is 5.92 Å². The quantitative estimate of drug-likeness (QED) is 0.788. The second-order valence-electron chi connectivity index (χ2n) is 8.27. The molecule has 1 N–H and O–H groups in total. The number of thiophene rings is 1. The van der Waals surface area contributed by atoms with Gasteiger partial charge in [0, 0.05) is 63.2 Å². The summed E-state index contributed by atoms with van der Waals surface area (Å²) in [7, 11) is -2.34. The van der Waals surface area contributed by atoms with Crippen LogP contribution in [-0.2, 0) is 9.73 Å². The molecule has 0 spiro atoms. The van der Waals surface area contributed by atoms with Crippen LogP contribution in [0.15, 0.2) is 29.6 Å². The van der Waals surface area contributed by atoms with Crippen LogP contribution in [0.4, 0.5) is 5.69 Å². The van der Waals surface area contributed by atoms with E-state index in [1.807, 2.05) is 11.3 Å². The van der Waals surface area contributed by atoms with Crippen molar-refractivity contribution in [3.63, 3.8) is 0 Å². The zero-order valence-corrected chi connectivity index (χ0v) is 17.9. The van der Waals surface area contributed by atoms with Gasteiger partial charge >= 0.3 is 0 Å². The molecule has 1 aliphatic carbocycles. The first-order valence-corrected chi connectivity index (χ1v) is 13.1. The van der Waals surface area contributed by atoms with E-state index in [0.29, 0.717) is 0 Å². The maximum absolute atomic E-state index is 11.9. The minimum atomic E-state index is -2.34. The van der Waals surface area contributed by atoms with Crippen molar-refractivity contribution >= 4 is 36.8 Å². The molecule has 1 aromatic heterocycles. The number of rotatable bonds is 5. The van der Waals surface area contributed by atoms with Crippen molar-refractivity contribution in [2.45, 2.75) is 37.4 Å². The van der Waals surface area contributed by atoms with Gasteiger partial charge in [-0.25, -0.2) is 4.21 Å². The minimum Gasteiger partial charge on any atom is -0.368 e. The van der Waals surface area contributed by atoms with E-state index in [0.717, 1.165) is 57.8 Å². The molecule has 1 saturated carbocycles. The lowest BCUT2D eigenvalue weighted by Crippen LogP contribution is -2.47. The number of hydrogen-bond acceptors (Lipinski definition) is 5. The summed E-state index contributed by atoms with van der Waals surface area (Å²) >= 11 is 1.82. The Morgan fingerprint density at radius 1 is 1.11 bits per heavy atom. The summed E-state index contributed by atoms with van der Waals surface area (Å²) in [6.07, 6.45) is 7.18. The first-order chi connectivity index (χ1) is 13.0. The molecule has 0 radical (unpaired) electrons. The summed E-state index contributed by atoms with van der Waals surface area (Å²) in [5.74, 6) is 0.764. The number of piperazine rings is 1.